The van der Waals surface area contributed by atoms with Crippen LogP contribution < -0.4 is 0 Å². The first-order valence-electron chi connectivity index (χ1n) is 20.3. The molecule has 11 nitrogen and oxygen atoms in total. The number of carbonyl (C=O) groups excluding carboxylic acids is 2. The van der Waals surface area contributed by atoms with Crippen LogP contribution in [0.15, 0.2) is 97.2 Å². The lowest BCUT2D eigenvalue weighted by Crippen LogP contribution is -2.29. The van der Waals surface area contributed by atoms with Gasteiger partial charge in [0.05, 0.1) is 25.9 Å². The third-order valence-corrected chi connectivity index (χ3v) is 8.76. The number of esters is 2. The average molecular weight is 807 g/mol. The molecule has 0 bridgehead atoms. The van der Waals surface area contributed by atoms with E-state index in [1.54, 1.807) is 6.08 Å². The quantitative estimate of drug-likeness (QED) is 0.0156. The largest absolute Gasteiger partial charge is 0.472 e. The number of rotatable bonds is 36. The fourth-order valence-corrected chi connectivity index (χ4v) is 5.50. The summed E-state index contributed by atoms with van der Waals surface area (Å²) in [4.78, 5) is 34.9. The topological polar surface area (TPSA) is 169 Å². The summed E-state index contributed by atoms with van der Waals surface area (Å²) in [6.07, 6.45) is 42.9. The normalized spacial score (nSPS) is 15.5. The first kappa shape index (κ1) is 52.9. The van der Waals surface area contributed by atoms with Gasteiger partial charge in [-0.15, -0.1) is 0 Å². The SMILES string of the molecule is CC/C=C\C/C=C\C/C=C\CCCCCCCC(=O)OC[C@H](COP(=O)(O)OC[C@@H](O)CO)OC(=O)CCC/C=C\C/C=C\C/C=C\C=C\CC(O)/C=C\CC. The predicted molar refractivity (Wildman–Crippen MR) is 225 cm³/mol. The highest BCUT2D eigenvalue weighted by molar-refractivity contribution is 7.47. The van der Waals surface area contributed by atoms with Crippen LogP contribution in [0.25, 0.3) is 0 Å². The predicted octanol–water partition coefficient (Wildman–Crippen LogP) is 9.41. The fourth-order valence-electron chi connectivity index (χ4n) is 4.71. The molecule has 0 radical (unpaired) electrons. The maximum absolute atomic E-state index is 12.6. The van der Waals surface area contributed by atoms with Gasteiger partial charge < -0.3 is 29.7 Å². The van der Waals surface area contributed by atoms with Gasteiger partial charge in [-0.25, -0.2) is 4.57 Å². The molecular weight excluding hydrogens is 735 g/mol. The lowest BCUT2D eigenvalue weighted by atomic mass is 10.1. The smallest absolute Gasteiger partial charge is 0.462 e. The average Bonchev–Trinajstić information content (AvgIpc) is 3.18. The first-order chi connectivity index (χ1) is 27.1. The number of hydrogen-bond acceptors (Lipinski definition) is 10. The first-order valence-corrected chi connectivity index (χ1v) is 21.8. The van der Waals surface area contributed by atoms with E-state index in [4.69, 9.17) is 19.1 Å². The van der Waals surface area contributed by atoms with Crippen molar-refractivity contribution in [2.75, 3.05) is 26.4 Å². The van der Waals surface area contributed by atoms with Gasteiger partial charge in [0.1, 0.15) is 12.7 Å². The number of phosphoric acid groups is 1. The summed E-state index contributed by atoms with van der Waals surface area (Å²) in [5.74, 6) is -1.05. The zero-order valence-electron chi connectivity index (χ0n) is 33.9. The Morgan fingerprint density at radius 1 is 0.607 bits per heavy atom. The van der Waals surface area contributed by atoms with Crippen LogP contribution in [0.1, 0.15) is 123 Å². The Hall–Kier alpha value is -3.15. The van der Waals surface area contributed by atoms with Crippen molar-refractivity contribution in [2.45, 2.75) is 141 Å². The van der Waals surface area contributed by atoms with Crippen LogP contribution in [0, 0.1) is 0 Å². The van der Waals surface area contributed by atoms with E-state index in [-0.39, 0.29) is 19.4 Å². The van der Waals surface area contributed by atoms with Gasteiger partial charge in [-0.1, -0.05) is 130 Å². The van der Waals surface area contributed by atoms with Crippen LogP contribution in [0.4, 0.5) is 0 Å². The van der Waals surface area contributed by atoms with Crippen molar-refractivity contribution in [3.05, 3.63) is 97.2 Å². The molecule has 12 heteroatoms. The zero-order chi connectivity index (χ0) is 41.4. The van der Waals surface area contributed by atoms with E-state index in [2.05, 4.69) is 54.0 Å². The monoisotopic (exact) mass is 806 g/mol. The number of phosphoric ester groups is 1. The Balaban J connectivity index is 4.52. The van der Waals surface area contributed by atoms with Gasteiger partial charge in [0.2, 0.25) is 0 Å². The van der Waals surface area contributed by atoms with E-state index >= 15 is 0 Å². The molecule has 0 aliphatic carbocycles. The van der Waals surface area contributed by atoms with E-state index in [1.807, 2.05) is 55.5 Å². The maximum Gasteiger partial charge on any atom is 0.472 e. The van der Waals surface area contributed by atoms with Gasteiger partial charge in [0, 0.05) is 12.8 Å². The van der Waals surface area contributed by atoms with Crippen LogP contribution in [-0.4, -0.2) is 76.9 Å². The van der Waals surface area contributed by atoms with Crippen LogP contribution in [-0.2, 0) is 32.7 Å². The van der Waals surface area contributed by atoms with Gasteiger partial charge in [-0.2, -0.15) is 0 Å². The summed E-state index contributed by atoms with van der Waals surface area (Å²) >= 11 is 0. The molecule has 0 heterocycles. The van der Waals surface area contributed by atoms with Crippen molar-refractivity contribution in [3.63, 3.8) is 0 Å². The summed E-state index contributed by atoms with van der Waals surface area (Å²) in [5.41, 5.74) is 0. The van der Waals surface area contributed by atoms with Crippen LogP contribution >= 0.6 is 7.82 Å². The molecule has 0 saturated heterocycles. The number of carbonyl (C=O) groups is 2. The second-order valence-corrected chi connectivity index (χ2v) is 14.5. The minimum absolute atomic E-state index is 0.0780. The summed E-state index contributed by atoms with van der Waals surface area (Å²) in [5, 5.41) is 28.1. The molecular formula is C44H71O11P. The van der Waals surface area contributed by atoms with Crippen LogP contribution in [0.3, 0.4) is 0 Å². The van der Waals surface area contributed by atoms with Crippen molar-refractivity contribution in [3.8, 4) is 0 Å². The summed E-state index contributed by atoms with van der Waals surface area (Å²) in [7, 11) is -4.65. The molecule has 0 rings (SSSR count). The van der Waals surface area contributed by atoms with E-state index in [0.29, 0.717) is 25.7 Å². The minimum Gasteiger partial charge on any atom is -0.462 e. The molecule has 4 N–H and O–H groups in total. The molecule has 56 heavy (non-hydrogen) atoms. The summed E-state index contributed by atoms with van der Waals surface area (Å²) < 4.78 is 32.5. The molecule has 0 aromatic rings. The second-order valence-electron chi connectivity index (χ2n) is 13.1. The number of aliphatic hydroxyl groups is 3. The zero-order valence-corrected chi connectivity index (χ0v) is 34.8. The maximum atomic E-state index is 12.6. The number of aliphatic hydroxyl groups excluding tert-OH is 3. The molecule has 318 valence electrons. The van der Waals surface area contributed by atoms with E-state index in [1.165, 1.54) is 0 Å². The molecule has 0 aliphatic heterocycles. The van der Waals surface area contributed by atoms with E-state index in [0.717, 1.165) is 70.6 Å². The lowest BCUT2D eigenvalue weighted by Gasteiger charge is -2.20. The summed E-state index contributed by atoms with van der Waals surface area (Å²) in [6, 6.07) is 0. The fraction of sp³-hybridized carbons (Fsp3) is 0.591. The van der Waals surface area contributed by atoms with Gasteiger partial charge in [-0.05, 0) is 77.0 Å². The third-order valence-electron chi connectivity index (χ3n) is 7.81. The molecule has 0 fully saturated rings. The molecule has 0 amide bonds. The molecule has 4 atom stereocenters. The van der Waals surface area contributed by atoms with Gasteiger partial charge in [0.25, 0.3) is 0 Å². The molecule has 2 unspecified atom stereocenters. The van der Waals surface area contributed by atoms with E-state index < -0.39 is 57.9 Å². The molecule has 0 spiro atoms. The molecule has 0 aromatic carbocycles. The summed E-state index contributed by atoms with van der Waals surface area (Å²) in [6.45, 7) is 1.89. The molecule has 0 saturated carbocycles. The minimum atomic E-state index is -4.65. The number of allylic oxidation sites excluding steroid dienone is 14. The Labute approximate surface area is 336 Å². The number of hydrogen-bond donors (Lipinski definition) is 4. The van der Waals surface area contributed by atoms with Crippen molar-refractivity contribution < 1.29 is 52.9 Å². The Kier molecular flexibility index (Phi) is 36.5. The van der Waals surface area contributed by atoms with Crippen LogP contribution in [0.2, 0.25) is 0 Å². The van der Waals surface area contributed by atoms with Gasteiger partial charge in [0.15, 0.2) is 6.10 Å². The Bertz CT molecular complexity index is 1270. The Morgan fingerprint density at radius 2 is 1.14 bits per heavy atom. The van der Waals surface area contributed by atoms with Gasteiger partial charge >= 0.3 is 19.8 Å². The van der Waals surface area contributed by atoms with E-state index in [9.17, 15) is 29.3 Å². The highest BCUT2D eigenvalue weighted by Gasteiger charge is 2.27. The van der Waals surface area contributed by atoms with Crippen LogP contribution in [0.5, 0.6) is 0 Å². The molecule has 0 aliphatic rings. The highest BCUT2D eigenvalue weighted by atomic mass is 31.2. The van der Waals surface area contributed by atoms with Crippen molar-refractivity contribution in [1.82, 2.24) is 0 Å². The second kappa shape index (κ2) is 38.7. The molecule has 0 aromatic heterocycles. The Morgan fingerprint density at radius 3 is 1.80 bits per heavy atom. The van der Waals surface area contributed by atoms with Crippen molar-refractivity contribution >= 4 is 19.8 Å². The number of ether oxygens (including phenoxy) is 2. The van der Waals surface area contributed by atoms with Crippen molar-refractivity contribution in [1.29, 1.82) is 0 Å². The highest BCUT2D eigenvalue weighted by Crippen LogP contribution is 2.43. The van der Waals surface area contributed by atoms with Crippen molar-refractivity contribution in [2.24, 2.45) is 0 Å². The standard InChI is InChI=1S/C44H71O11P/c1-3-5-7-8-9-10-11-12-13-14-18-21-24-27-30-34-43(48)52-38-42(39-54-56(50,51)53-37-41(47)36-45)55-44(49)35-31-28-25-22-19-16-15-17-20-23-26-29-33-40(46)32-6-4-2/h5-7,9-10,12-13,15-16,20,22-23,25-26,29,32,40-42,45-47H,3-4,8,11,14,17-19,21,24,27-28,30-31,33-39H2,1-2H3,(H,50,51)/b7-5-,10-9-,13-12-,16-15-,23-20-,25-22-,29-26+,32-6-/t40?,41-,42+/m0/s1. The third kappa shape index (κ3) is 37.8. The van der Waals surface area contributed by atoms with Gasteiger partial charge in [-0.3, -0.25) is 18.6 Å². The number of unbranched alkanes of at least 4 members (excludes halogenated alkanes) is 6. The lowest BCUT2D eigenvalue weighted by molar-refractivity contribution is -0.161.